The Labute approximate surface area is 95.9 Å². The van der Waals surface area contributed by atoms with E-state index in [1.54, 1.807) is 0 Å². The summed E-state index contributed by atoms with van der Waals surface area (Å²) in [4.78, 5) is 22.6. The Kier molecular flexibility index (Phi) is 4.15. The number of alkyl carbamates (subject to hydrolysis) is 1. The molecule has 1 fully saturated rings. The molecule has 5 heteroatoms. The standard InChI is InChI=1S/C11H20N2O3/c1-11(2,3)13-10(15)16-8-5-4-6-9(14)12-7-8/h8H,4-7H2,1-3H3,(H,12,14)(H,13,15). The SMILES string of the molecule is CC(C)(C)NC(=O)OC1CCCC(=O)NC1. The van der Waals surface area contributed by atoms with Gasteiger partial charge in [0.1, 0.15) is 6.10 Å². The maximum atomic E-state index is 11.5. The van der Waals surface area contributed by atoms with Crippen molar-refractivity contribution in [1.29, 1.82) is 0 Å². The smallest absolute Gasteiger partial charge is 0.407 e. The number of amides is 2. The summed E-state index contributed by atoms with van der Waals surface area (Å²) in [5, 5.41) is 5.44. The van der Waals surface area contributed by atoms with Gasteiger partial charge in [-0.2, -0.15) is 0 Å². The number of hydrogen-bond acceptors (Lipinski definition) is 3. The Hall–Kier alpha value is -1.26. The van der Waals surface area contributed by atoms with Gasteiger partial charge in [0, 0.05) is 12.0 Å². The first-order valence-electron chi connectivity index (χ1n) is 5.62. The molecule has 0 spiro atoms. The van der Waals surface area contributed by atoms with E-state index in [0.717, 1.165) is 12.8 Å². The van der Waals surface area contributed by atoms with E-state index < -0.39 is 6.09 Å². The minimum absolute atomic E-state index is 0.0299. The number of carbonyl (C=O) groups excluding carboxylic acids is 2. The summed E-state index contributed by atoms with van der Waals surface area (Å²) in [5.74, 6) is 0.0299. The van der Waals surface area contributed by atoms with Gasteiger partial charge in [0.25, 0.3) is 0 Å². The van der Waals surface area contributed by atoms with Crippen molar-refractivity contribution < 1.29 is 14.3 Å². The van der Waals surface area contributed by atoms with Gasteiger partial charge < -0.3 is 15.4 Å². The van der Waals surface area contributed by atoms with Crippen LogP contribution in [0.2, 0.25) is 0 Å². The van der Waals surface area contributed by atoms with E-state index in [-0.39, 0.29) is 17.6 Å². The van der Waals surface area contributed by atoms with Crippen LogP contribution in [0.3, 0.4) is 0 Å². The molecule has 0 saturated carbocycles. The molecule has 1 rings (SSSR count). The van der Waals surface area contributed by atoms with Crippen LogP contribution in [0.15, 0.2) is 0 Å². The third kappa shape index (κ3) is 5.00. The van der Waals surface area contributed by atoms with Gasteiger partial charge in [-0.05, 0) is 33.6 Å². The van der Waals surface area contributed by atoms with Crippen molar-refractivity contribution in [3.8, 4) is 0 Å². The van der Waals surface area contributed by atoms with Gasteiger partial charge in [0.15, 0.2) is 0 Å². The van der Waals surface area contributed by atoms with Crippen LogP contribution >= 0.6 is 0 Å². The molecular formula is C11H20N2O3. The molecule has 1 unspecified atom stereocenters. The summed E-state index contributed by atoms with van der Waals surface area (Å²) in [5.41, 5.74) is -0.301. The first-order valence-corrected chi connectivity index (χ1v) is 5.62. The molecule has 5 nitrogen and oxygen atoms in total. The van der Waals surface area contributed by atoms with E-state index in [0.29, 0.717) is 13.0 Å². The maximum absolute atomic E-state index is 11.5. The van der Waals surface area contributed by atoms with Crippen molar-refractivity contribution in [2.24, 2.45) is 0 Å². The lowest BCUT2D eigenvalue weighted by atomic mass is 10.1. The highest BCUT2D eigenvalue weighted by atomic mass is 16.6. The second-order valence-electron chi connectivity index (χ2n) is 5.10. The topological polar surface area (TPSA) is 67.4 Å². The van der Waals surface area contributed by atoms with Crippen molar-refractivity contribution in [3.05, 3.63) is 0 Å². The quantitative estimate of drug-likeness (QED) is 0.708. The van der Waals surface area contributed by atoms with Crippen LogP contribution in [-0.2, 0) is 9.53 Å². The lowest BCUT2D eigenvalue weighted by Crippen LogP contribution is -2.43. The number of rotatable bonds is 1. The molecule has 1 atom stereocenters. The van der Waals surface area contributed by atoms with E-state index in [2.05, 4.69) is 10.6 Å². The van der Waals surface area contributed by atoms with Crippen LogP contribution < -0.4 is 10.6 Å². The van der Waals surface area contributed by atoms with Crippen LogP contribution in [0, 0.1) is 0 Å². The lowest BCUT2D eigenvalue weighted by molar-refractivity contribution is -0.120. The zero-order chi connectivity index (χ0) is 12.2. The molecule has 16 heavy (non-hydrogen) atoms. The monoisotopic (exact) mass is 228 g/mol. The summed E-state index contributed by atoms with van der Waals surface area (Å²) in [6, 6.07) is 0. The molecule has 0 bridgehead atoms. The van der Waals surface area contributed by atoms with E-state index in [1.807, 2.05) is 20.8 Å². The molecule has 0 aliphatic carbocycles. The molecule has 92 valence electrons. The van der Waals surface area contributed by atoms with Gasteiger partial charge in [0.05, 0.1) is 6.54 Å². The van der Waals surface area contributed by atoms with Crippen LogP contribution in [0.25, 0.3) is 0 Å². The van der Waals surface area contributed by atoms with Gasteiger partial charge >= 0.3 is 6.09 Å². The maximum Gasteiger partial charge on any atom is 0.407 e. The van der Waals surface area contributed by atoms with Crippen molar-refractivity contribution in [1.82, 2.24) is 10.6 Å². The summed E-state index contributed by atoms with van der Waals surface area (Å²) in [6.45, 7) is 6.09. The molecule has 0 aromatic rings. The third-order valence-electron chi connectivity index (χ3n) is 2.21. The Balaban J connectivity index is 2.36. The first kappa shape index (κ1) is 12.8. The minimum Gasteiger partial charge on any atom is -0.444 e. The summed E-state index contributed by atoms with van der Waals surface area (Å²) in [6.07, 6.45) is 1.37. The molecule has 0 radical (unpaired) electrons. The first-order chi connectivity index (χ1) is 7.37. The molecule has 1 saturated heterocycles. The van der Waals surface area contributed by atoms with Crippen LogP contribution in [0.4, 0.5) is 4.79 Å². The fourth-order valence-electron chi connectivity index (χ4n) is 1.50. The van der Waals surface area contributed by atoms with Gasteiger partial charge in [0.2, 0.25) is 5.91 Å². The average molecular weight is 228 g/mol. The summed E-state index contributed by atoms with van der Waals surface area (Å²) in [7, 11) is 0. The molecule has 0 aromatic carbocycles. The number of carbonyl (C=O) groups is 2. The Morgan fingerprint density at radius 2 is 2.19 bits per heavy atom. The van der Waals surface area contributed by atoms with Gasteiger partial charge in [-0.15, -0.1) is 0 Å². The second-order valence-corrected chi connectivity index (χ2v) is 5.10. The molecular weight excluding hydrogens is 208 g/mol. The van der Waals surface area contributed by atoms with Crippen LogP contribution in [-0.4, -0.2) is 30.2 Å². The van der Waals surface area contributed by atoms with Crippen molar-refractivity contribution in [2.45, 2.75) is 51.7 Å². The number of hydrogen-bond donors (Lipinski definition) is 2. The highest BCUT2D eigenvalue weighted by Gasteiger charge is 2.21. The Morgan fingerprint density at radius 1 is 1.50 bits per heavy atom. The summed E-state index contributed by atoms with van der Waals surface area (Å²) < 4.78 is 5.23. The van der Waals surface area contributed by atoms with E-state index >= 15 is 0 Å². The molecule has 1 aliphatic heterocycles. The minimum atomic E-state index is -0.423. The average Bonchev–Trinajstić information content (AvgIpc) is 2.27. The van der Waals surface area contributed by atoms with Crippen molar-refractivity contribution in [2.75, 3.05) is 6.54 Å². The van der Waals surface area contributed by atoms with Gasteiger partial charge in [-0.3, -0.25) is 4.79 Å². The Bertz CT molecular complexity index is 271. The molecule has 0 aromatic heterocycles. The van der Waals surface area contributed by atoms with Gasteiger partial charge in [-0.25, -0.2) is 4.79 Å². The molecule has 1 aliphatic rings. The summed E-state index contributed by atoms with van der Waals surface area (Å²) >= 11 is 0. The van der Waals surface area contributed by atoms with E-state index in [1.165, 1.54) is 0 Å². The van der Waals surface area contributed by atoms with E-state index in [4.69, 9.17) is 4.74 Å². The third-order valence-corrected chi connectivity index (χ3v) is 2.21. The zero-order valence-electron chi connectivity index (χ0n) is 10.1. The van der Waals surface area contributed by atoms with Gasteiger partial charge in [-0.1, -0.05) is 0 Å². The fourth-order valence-corrected chi connectivity index (χ4v) is 1.50. The predicted octanol–water partition coefficient (Wildman–Crippen LogP) is 1.18. The largest absolute Gasteiger partial charge is 0.444 e. The van der Waals surface area contributed by atoms with Crippen molar-refractivity contribution >= 4 is 12.0 Å². The highest BCUT2D eigenvalue weighted by molar-refractivity contribution is 5.76. The normalized spacial score (nSPS) is 21.9. The molecule has 1 heterocycles. The van der Waals surface area contributed by atoms with E-state index in [9.17, 15) is 9.59 Å². The highest BCUT2D eigenvalue weighted by Crippen LogP contribution is 2.09. The predicted molar refractivity (Wildman–Crippen MR) is 60.0 cm³/mol. The second kappa shape index (κ2) is 5.18. The lowest BCUT2D eigenvalue weighted by Gasteiger charge is -2.22. The molecule has 2 N–H and O–H groups in total. The Morgan fingerprint density at radius 3 is 2.81 bits per heavy atom. The molecule has 2 amide bonds. The van der Waals surface area contributed by atoms with Crippen molar-refractivity contribution in [3.63, 3.8) is 0 Å². The number of nitrogens with one attached hydrogen (secondary N) is 2. The number of ether oxygens (including phenoxy) is 1. The van der Waals surface area contributed by atoms with Crippen LogP contribution in [0.5, 0.6) is 0 Å². The fraction of sp³-hybridized carbons (Fsp3) is 0.818. The van der Waals surface area contributed by atoms with Crippen LogP contribution in [0.1, 0.15) is 40.0 Å². The zero-order valence-corrected chi connectivity index (χ0v) is 10.1.